The Bertz CT molecular complexity index is 466. The zero-order valence-corrected chi connectivity index (χ0v) is 8.72. The van der Waals surface area contributed by atoms with Crippen LogP contribution in [0.3, 0.4) is 0 Å². The molecule has 2 nitrogen and oxygen atoms in total. The molecule has 0 amide bonds. The molecule has 0 bridgehead atoms. The van der Waals surface area contributed by atoms with E-state index in [1.54, 1.807) is 18.6 Å². The van der Waals surface area contributed by atoms with Gasteiger partial charge in [-0.05, 0) is 24.3 Å². The van der Waals surface area contributed by atoms with Gasteiger partial charge >= 0.3 is 0 Å². The van der Waals surface area contributed by atoms with E-state index in [0.29, 0.717) is 5.02 Å². The normalized spacial score (nSPS) is 10.7. The molecule has 3 heteroatoms. The Morgan fingerprint density at radius 2 is 2.13 bits per heavy atom. The average Bonchev–Trinajstić information content (AvgIpc) is 2.28. The van der Waals surface area contributed by atoms with Gasteiger partial charge in [0.25, 0.3) is 0 Å². The Labute approximate surface area is 93.3 Å². The maximum Gasteiger partial charge on any atom is 0.0644 e. The molecule has 0 N–H and O–H groups in total. The Balaban J connectivity index is 2.19. The van der Waals surface area contributed by atoms with Crippen molar-refractivity contribution in [2.75, 3.05) is 0 Å². The van der Waals surface area contributed by atoms with Crippen molar-refractivity contribution in [1.82, 2.24) is 4.98 Å². The number of benzene rings is 1. The summed E-state index contributed by atoms with van der Waals surface area (Å²) in [7, 11) is 0. The average molecular weight is 217 g/mol. The van der Waals surface area contributed by atoms with Crippen LogP contribution in [0, 0.1) is 0 Å². The number of nitrogens with zero attached hydrogens (tertiary/aromatic N) is 2. The first-order chi connectivity index (χ1) is 7.34. The summed E-state index contributed by atoms with van der Waals surface area (Å²) in [4.78, 5) is 8.29. The summed E-state index contributed by atoms with van der Waals surface area (Å²) in [5.74, 6) is 0. The second kappa shape index (κ2) is 4.71. The number of hydrogen-bond donors (Lipinski definition) is 0. The maximum absolute atomic E-state index is 5.84. The van der Waals surface area contributed by atoms with Crippen molar-refractivity contribution in [2.45, 2.75) is 0 Å². The Hall–Kier alpha value is -1.67. The van der Waals surface area contributed by atoms with Crippen molar-refractivity contribution in [1.29, 1.82) is 0 Å². The largest absolute Gasteiger partial charge is 0.264 e. The lowest BCUT2D eigenvalue weighted by Crippen LogP contribution is -1.80. The molecule has 1 heterocycles. The van der Waals surface area contributed by atoms with E-state index in [9.17, 15) is 0 Å². The van der Waals surface area contributed by atoms with Crippen LogP contribution < -0.4 is 0 Å². The predicted molar refractivity (Wildman–Crippen MR) is 62.9 cm³/mol. The molecule has 0 atom stereocenters. The molecule has 2 aromatic rings. The number of aliphatic imine (C=N–C) groups is 1. The molecule has 2 rings (SSSR count). The second-order valence-electron chi connectivity index (χ2n) is 3.02. The van der Waals surface area contributed by atoms with Gasteiger partial charge in [0.1, 0.15) is 0 Å². The molecule has 0 unspecified atom stereocenters. The molecule has 1 aromatic carbocycles. The van der Waals surface area contributed by atoms with Gasteiger partial charge < -0.3 is 0 Å². The lowest BCUT2D eigenvalue weighted by atomic mass is 10.3. The summed E-state index contributed by atoms with van der Waals surface area (Å²) in [6.45, 7) is 0. The van der Waals surface area contributed by atoms with Gasteiger partial charge in [-0.25, -0.2) is 0 Å². The Kier molecular flexibility index (Phi) is 3.10. The van der Waals surface area contributed by atoms with Crippen molar-refractivity contribution < 1.29 is 0 Å². The number of pyridine rings is 1. The van der Waals surface area contributed by atoms with Gasteiger partial charge in [0.2, 0.25) is 0 Å². The molecule has 0 radical (unpaired) electrons. The molecule has 1 aromatic heterocycles. The number of rotatable bonds is 2. The highest BCUT2D eigenvalue weighted by atomic mass is 35.5. The molecule has 15 heavy (non-hydrogen) atoms. The first-order valence-electron chi connectivity index (χ1n) is 4.54. The fourth-order valence-electron chi connectivity index (χ4n) is 1.16. The molecule has 0 aliphatic carbocycles. The fraction of sp³-hybridized carbons (Fsp3) is 0. The van der Waals surface area contributed by atoms with Crippen molar-refractivity contribution in [3.05, 3.63) is 59.4 Å². The van der Waals surface area contributed by atoms with E-state index < -0.39 is 0 Å². The molecule has 0 saturated carbocycles. The predicted octanol–water partition coefficient (Wildman–Crippen LogP) is 3.49. The van der Waals surface area contributed by atoms with Crippen LogP contribution in [0.5, 0.6) is 0 Å². The maximum atomic E-state index is 5.84. The van der Waals surface area contributed by atoms with Gasteiger partial charge in [-0.15, -0.1) is 0 Å². The minimum Gasteiger partial charge on any atom is -0.264 e. The highest BCUT2D eigenvalue weighted by Gasteiger charge is 1.90. The van der Waals surface area contributed by atoms with Crippen molar-refractivity contribution in [3.63, 3.8) is 0 Å². The van der Waals surface area contributed by atoms with E-state index in [1.165, 1.54) is 0 Å². The third-order valence-corrected chi connectivity index (χ3v) is 2.09. The zero-order valence-electron chi connectivity index (χ0n) is 7.97. The fourth-order valence-corrected chi connectivity index (χ4v) is 1.34. The zero-order chi connectivity index (χ0) is 10.5. The lowest BCUT2D eigenvalue weighted by Gasteiger charge is -1.94. The van der Waals surface area contributed by atoms with Crippen molar-refractivity contribution >= 4 is 23.5 Å². The van der Waals surface area contributed by atoms with Crippen LogP contribution in [0.2, 0.25) is 5.02 Å². The van der Waals surface area contributed by atoms with E-state index in [0.717, 1.165) is 11.3 Å². The third kappa shape index (κ3) is 2.89. The van der Waals surface area contributed by atoms with Crippen LogP contribution in [-0.2, 0) is 0 Å². The Morgan fingerprint density at radius 1 is 1.20 bits per heavy atom. The monoisotopic (exact) mass is 216 g/mol. The summed E-state index contributed by atoms with van der Waals surface area (Å²) >= 11 is 5.84. The van der Waals surface area contributed by atoms with Crippen LogP contribution in [0.1, 0.15) is 5.56 Å². The molecular weight excluding hydrogens is 208 g/mol. The minimum atomic E-state index is 0.691. The smallest absolute Gasteiger partial charge is 0.0644 e. The summed E-state index contributed by atoms with van der Waals surface area (Å²) < 4.78 is 0. The lowest BCUT2D eigenvalue weighted by molar-refractivity contribution is 1.32. The Morgan fingerprint density at radius 3 is 2.87 bits per heavy atom. The topological polar surface area (TPSA) is 25.2 Å². The van der Waals surface area contributed by atoms with E-state index in [-0.39, 0.29) is 0 Å². The molecule has 74 valence electrons. The quantitative estimate of drug-likeness (QED) is 0.706. The summed E-state index contributed by atoms with van der Waals surface area (Å²) in [5.41, 5.74) is 1.81. The van der Waals surface area contributed by atoms with E-state index >= 15 is 0 Å². The van der Waals surface area contributed by atoms with Crippen LogP contribution in [0.15, 0.2) is 53.8 Å². The molecular formula is C12H9ClN2. The molecule has 0 spiro atoms. The van der Waals surface area contributed by atoms with Gasteiger partial charge in [-0.2, -0.15) is 0 Å². The SMILES string of the molecule is Clc1cccc(N=Cc2cccnc2)c1. The first kappa shape index (κ1) is 9.87. The van der Waals surface area contributed by atoms with Crippen molar-refractivity contribution in [2.24, 2.45) is 4.99 Å². The molecule has 0 saturated heterocycles. The van der Waals surface area contributed by atoms with Gasteiger partial charge in [-0.3, -0.25) is 9.98 Å². The highest BCUT2D eigenvalue weighted by Crippen LogP contribution is 2.17. The van der Waals surface area contributed by atoms with Gasteiger partial charge in [0.05, 0.1) is 5.69 Å². The van der Waals surface area contributed by atoms with E-state index in [1.807, 2.05) is 36.4 Å². The highest BCUT2D eigenvalue weighted by molar-refractivity contribution is 6.30. The van der Waals surface area contributed by atoms with Crippen LogP contribution in [0.4, 0.5) is 5.69 Å². The third-order valence-electron chi connectivity index (χ3n) is 1.86. The van der Waals surface area contributed by atoms with E-state index in [4.69, 9.17) is 11.6 Å². The summed E-state index contributed by atoms with van der Waals surface area (Å²) in [6, 6.07) is 11.2. The van der Waals surface area contributed by atoms with Gasteiger partial charge in [-0.1, -0.05) is 23.7 Å². The summed E-state index contributed by atoms with van der Waals surface area (Å²) in [5, 5.41) is 0.691. The van der Waals surface area contributed by atoms with Crippen LogP contribution in [-0.4, -0.2) is 11.2 Å². The number of aromatic nitrogens is 1. The van der Waals surface area contributed by atoms with Crippen LogP contribution in [0.25, 0.3) is 0 Å². The minimum absolute atomic E-state index is 0.691. The molecule has 0 fully saturated rings. The van der Waals surface area contributed by atoms with Crippen molar-refractivity contribution in [3.8, 4) is 0 Å². The summed E-state index contributed by atoms with van der Waals surface area (Å²) in [6.07, 6.45) is 5.25. The standard InChI is InChI=1S/C12H9ClN2/c13-11-4-1-5-12(7-11)15-9-10-3-2-6-14-8-10/h1-9H. The van der Waals surface area contributed by atoms with Gasteiger partial charge in [0.15, 0.2) is 0 Å². The second-order valence-corrected chi connectivity index (χ2v) is 3.46. The first-order valence-corrected chi connectivity index (χ1v) is 4.92. The number of hydrogen-bond acceptors (Lipinski definition) is 2. The van der Waals surface area contributed by atoms with Gasteiger partial charge in [0, 0.05) is 29.2 Å². The molecule has 0 aliphatic rings. The van der Waals surface area contributed by atoms with Crippen LogP contribution >= 0.6 is 11.6 Å². The molecule has 0 aliphatic heterocycles. The number of halogens is 1. The van der Waals surface area contributed by atoms with E-state index in [2.05, 4.69) is 9.98 Å².